The molecule has 0 aromatic heterocycles. The Kier molecular flexibility index (Phi) is 28.1. The molecule has 0 fully saturated rings. The topological polar surface area (TPSA) is 57.2 Å². The second-order valence-electron chi connectivity index (χ2n) is 14.8. The van der Waals surface area contributed by atoms with Crippen LogP contribution in [0.25, 0.3) is 0 Å². The van der Waals surface area contributed by atoms with E-state index in [0.29, 0.717) is 4.48 Å². The SMILES string of the molecule is CCCCCCCCCCCC[N+](CCCCCCCCCCCC)(CCCCCCCCCCCC)c1ccccc1S(=O)(=O)[O-]. The van der Waals surface area contributed by atoms with Crippen LogP contribution in [0.5, 0.6) is 0 Å². The predicted octanol–water partition coefficient (Wildman–Crippen LogP) is 13.7. The molecule has 0 heterocycles. The summed E-state index contributed by atoms with van der Waals surface area (Å²) in [5.74, 6) is 0. The molecule has 0 aliphatic rings. The maximum absolute atomic E-state index is 12.6. The average Bonchev–Trinajstić information content (AvgIpc) is 3.06. The lowest BCUT2D eigenvalue weighted by atomic mass is 10.0. The van der Waals surface area contributed by atoms with Crippen LogP contribution in [-0.2, 0) is 10.1 Å². The summed E-state index contributed by atoms with van der Waals surface area (Å²) in [5, 5.41) is 0. The van der Waals surface area contributed by atoms with Gasteiger partial charge >= 0.3 is 0 Å². The van der Waals surface area contributed by atoms with Gasteiger partial charge < -0.3 is 4.55 Å². The monoisotopic (exact) mass is 678 g/mol. The van der Waals surface area contributed by atoms with Crippen LogP contribution in [0.1, 0.15) is 213 Å². The molecule has 0 N–H and O–H groups in total. The van der Waals surface area contributed by atoms with E-state index in [1.165, 1.54) is 173 Å². The van der Waals surface area contributed by atoms with E-state index in [2.05, 4.69) is 20.8 Å². The first-order chi connectivity index (χ1) is 22.9. The fraction of sp³-hybridized carbons (Fsp3) is 0.857. The van der Waals surface area contributed by atoms with E-state index < -0.39 is 10.1 Å². The summed E-state index contributed by atoms with van der Waals surface area (Å²) >= 11 is 0. The van der Waals surface area contributed by atoms with Crippen LogP contribution >= 0.6 is 0 Å². The molecule has 276 valence electrons. The molecular formula is C42H79NO3S. The molecule has 0 amide bonds. The van der Waals surface area contributed by atoms with Gasteiger partial charge in [-0.15, -0.1) is 0 Å². The van der Waals surface area contributed by atoms with E-state index >= 15 is 0 Å². The normalized spacial score (nSPS) is 12.3. The van der Waals surface area contributed by atoms with E-state index in [0.717, 1.165) is 44.6 Å². The largest absolute Gasteiger partial charge is 0.744 e. The summed E-state index contributed by atoms with van der Waals surface area (Å²) < 4.78 is 38.4. The van der Waals surface area contributed by atoms with Gasteiger partial charge in [-0.25, -0.2) is 8.42 Å². The quantitative estimate of drug-likeness (QED) is 0.0408. The first-order valence-electron chi connectivity index (χ1n) is 20.8. The van der Waals surface area contributed by atoms with Crippen molar-refractivity contribution in [3.8, 4) is 0 Å². The first kappa shape index (κ1) is 44.1. The predicted molar refractivity (Wildman–Crippen MR) is 206 cm³/mol. The number of quaternary nitrogens is 1. The third kappa shape index (κ3) is 22.4. The number of hydrogen-bond acceptors (Lipinski definition) is 3. The van der Waals surface area contributed by atoms with Crippen LogP contribution < -0.4 is 4.48 Å². The number of unbranched alkanes of at least 4 members (excludes halogenated alkanes) is 27. The molecule has 0 aliphatic carbocycles. The number of nitrogens with zero attached hydrogens (tertiary/aromatic N) is 1. The maximum atomic E-state index is 12.6. The molecule has 0 atom stereocenters. The number of rotatable bonds is 35. The summed E-state index contributed by atoms with van der Waals surface area (Å²) in [4.78, 5) is 0.0197. The van der Waals surface area contributed by atoms with Crippen LogP contribution in [0, 0.1) is 0 Å². The summed E-state index contributed by atoms with van der Waals surface area (Å²) in [6.45, 7) is 9.65. The Balaban J connectivity index is 2.87. The van der Waals surface area contributed by atoms with Crippen molar-refractivity contribution in [2.45, 2.75) is 218 Å². The lowest BCUT2D eigenvalue weighted by molar-refractivity contribution is 0.248. The summed E-state index contributed by atoms with van der Waals surface area (Å²) in [6, 6.07) is 7.21. The number of hydrogen-bond donors (Lipinski definition) is 0. The Labute approximate surface area is 294 Å². The van der Waals surface area contributed by atoms with Crippen molar-refractivity contribution in [1.82, 2.24) is 4.48 Å². The highest BCUT2D eigenvalue weighted by Crippen LogP contribution is 2.33. The van der Waals surface area contributed by atoms with Gasteiger partial charge in [0, 0.05) is 6.07 Å². The van der Waals surface area contributed by atoms with E-state index in [1.807, 2.05) is 12.1 Å². The molecule has 1 rings (SSSR count). The third-order valence-corrected chi connectivity index (χ3v) is 11.3. The summed E-state index contributed by atoms with van der Waals surface area (Å²) in [5.41, 5.74) is 0.769. The van der Waals surface area contributed by atoms with Crippen molar-refractivity contribution in [3.05, 3.63) is 24.3 Å². The molecule has 47 heavy (non-hydrogen) atoms. The Hall–Kier alpha value is -0.910. The molecule has 1 aromatic carbocycles. The van der Waals surface area contributed by atoms with Crippen molar-refractivity contribution in [3.63, 3.8) is 0 Å². The van der Waals surface area contributed by atoms with Gasteiger partial charge in [0.25, 0.3) is 0 Å². The van der Waals surface area contributed by atoms with Crippen LogP contribution in [0.2, 0.25) is 0 Å². The summed E-state index contributed by atoms with van der Waals surface area (Å²) in [6.07, 6.45) is 38.8. The minimum atomic E-state index is -4.54. The molecule has 0 spiro atoms. The van der Waals surface area contributed by atoms with E-state index in [1.54, 1.807) is 12.1 Å². The van der Waals surface area contributed by atoms with Gasteiger partial charge in [-0.3, -0.25) is 4.48 Å². The molecule has 1 aromatic rings. The van der Waals surface area contributed by atoms with E-state index in [4.69, 9.17) is 0 Å². The van der Waals surface area contributed by atoms with Crippen LogP contribution in [-0.4, -0.2) is 32.6 Å². The lowest BCUT2D eigenvalue weighted by Gasteiger charge is -2.40. The smallest absolute Gasteiger partial charge is 0.150 e. The molecule has 5 heteroatoms. The average molecular weight is 678 g/mol. The zero-order chi connectivity index (χ0) is 34.3. The standard InChI is InChI=1S/C42H79NO3S/c1-4-7-10-13-16-19-22-25-28-33-38-43(41-36-31-32-37-42(41)47(44,45)46,39-34-29-26-23-20-17-14-11-8-5-2)40-35-30-27-24-21-18-15-12-9-6-3/h31-32,36-37H,4-30,33-35,38-40H2,1-3H3. The fourth-order valence-electron chi connectivity index (χ4n) is 7.46. The van der Waals surface area contributed by atoms with Gasteiger partial charge in [0.2, 0.25) is 0 Å². The second kappa shape index (κ2) is 30.0. The second-order valence-corrected chi connectivity index (χ2v) is 16.1. The van der Waals surface area contributed by atoms with Crippen LogP contribution in [0.15, 0.2) is 29.2 Å². The highest BCUT2D eigenvalue weighted by atomic mass is 32.2. The molecule has 0 radical (unpaired) electrons. The van der Waals surface area contributed by atoms with Gasteiger partial charge in [-0.05, 0) is 44.6 Å². The van der Waals surface area contributed by atoms with E-state index in [9.17, 15) is 13.0 Å². The molecule has 0 bridgehead atoms. The zero-order valence-corrected chi connectivity index (χ0v) is 32.5. The van der Waals surface area contributed by atoms with E-state index in [-0.39, 0.29) is 4.90 Å². The molecule has 0 aliphatic heterocycles. The minimum Gasteiger partial charge on any atom is -0.744 e. The van der Waals surface area contributed by atoms with Crippen LogP contribution in [0.3, 0.4) is 0 Å². The molecule has 0 unspecified atom stereocenters. The minimum absolute atomic E-state index is 0.0197. The zero-order valence-electron chi connectivity index (χ0n) is 31.7. The first-order valence-corrected chi connectivity index (χ1v) is 22.2. The van der Waals surface area contributed by atoms with Gasteiger partial charge in [0.15, 0.2) is 5.69 Å². The Morgan fingerprint density at radius 1 is 0.426 bits per heavy atom. The summed E-state index contributed by atoms with van der Waals surface area (Å²) in [7, 11) is -4.54. The maximum Gasteiger partial charge on any atom is 0.150 e. The van der Waals surface area contributed by atoms with Crippen molar-refractivity contribution in [1.29, 1.82) is 0 Å². The molecular weight excluding hydrogens is 599 g/mol. The lowest BCUT2D eigenvalue weighted by Crippen LogP contribution is -2.52. The highest BCUT2D eigenvalue weighted by molar-refractivity contribution is 7.86. The van der Waals surface area contributed by atoms with Crippen molar-refractivity contribution in [2.75, 3.05) is 19.6 Å². The van der Waals surface area contributed by atoms with Crippen LogP contribution in [0.4, 0.5) is 5.69 Å². The van der Waals surface area contributed by atoms with Crippen molar-refractivity contribution >= 4 is 15.8 Å². The van der Waals surface area contributed by atoms with Gasteiger partial charge in [0.1, 0.15) is 15.0 Å². The fourth-order valence-corrected chi connectivity index (χ4v) is 8.23. The molecule has 4 nitrogen and oxygen atoms in total. The number of benzene rings is 1. The third-order valence-electron chi connectivity index (χ3n) is 10.5. The van der Waals surface area contributed by atoms with Gasteiger partial charge in [-0.2, -0.15) is 0 Å². The van der Waals surface area contributed by atoms with Gasteiger partial charge in [0.05, 0.1) is 19.6 Å². The highest BCUT2D eigenvalue weighted by Gasteiger charge is 2.33. The Morgan fingerprint density at radius 2 is 0.681 bits per heavy atom. The Morgan fingerprint density at radius 3 is 0.957 bits per heavy atom. The van der Waals surface area contributed by atoms with Crippen molar-refractivity contribution in [2.24, 2.45) is 0 Å². The Bertz CT molecular complexity index is 872. The van der Waals surface area contributed by atoms with Crippen molar-refractivity contribution < 1.29 is 13.0 Å². The molecule has 0 saturated carbocycles. The number of para-hydroxylation sites is 1. The van der Waals surface area contributed by atoms with Gasteiger partial charge in [-0.1, -0.05) is 187 Å². The molecule has 0 saturated heterocycles.